The molecule has 0 spiro atoms. The lowest BCUT2D eigenvalue weighted by molar-refractivity contribution is 0.0942. The molecule has 0 radical (unpaired) electrons. The summed E-state index contributed by atoms with van der Waals surface area (Å²) in [7, 11) is -1.43. The van der Waals surface area contributed by atoms with Crippen LogP contribution in [0.15, 0.2) is 64.2 Å². The number of hydrogen-bond acceptors (Lipinski definition) is 4. The number of carbonyl (C=O) groups is 1. The van der Waals surface area contributed by atoms with E-state index in [2.05, 4.69) is 5.32 Å². The van der Waals surface area contributed by atoms with Crippen molar-refractivity contribution in [3.8, 4) is 0 Å². The third-order valence-corrected chi connectivity index (χ3v) is 7.09. The topological polar surface area (TPSA) is 66.5 Å². The van der Waals surface area contributed by atoms with Gasteiger partial charge in [0.2, 0.25) is 10.0 Å². The molecule has 3 rings (SSSR count). The van der Waals surface area contributed by atoms with Crippen LogP contribution in [0.25, 0.3) is 0 Å². The van der Waals surface area contributed by atoms with Crippen molar-refractivity contribution >= 4 is 38.9 Å². The molecule has 0 bridgehead atoms. The van der Waals surface area contributed by atoms with E-state index in [9.17, 15) is 17.6 Å². The predicted molar refractivity (Wildman–Crippen MR) is 112 cm³/mol. The molecule has 0 saturated heterocycles. The van der Waals surface area contributed by atoms with E-state index in [4.69, 9.17) is 11.6 Å². The predicted octanol–water partition coefficient (Wildman–Crippen LogP) is 4.31. The van der Waals surface area contributed by atoms with Gasteiger partial charge in [0.1, 0.15) is 10.7 Å². The lowest BCUT2D eigenvalue weighted by Crippen LogP contribution is -2.30. The van der Waals surface area contributed by atoms with E-state index in [-0.39, 0.29) is 5.56 Å². The fourth-order valence-corrected chi connectivity index (χ4v) is 4.50. The van der Waals surface area contributed by atoms with E-state index in [1.54, 1.807) is 24.3 Å². The van der Waals surface area contributed by atoms with Crippen LogP contribution < -0.4 is 5.32 Å². The molecule has 29 heavy (non-hydrogen) atoms. The third kappa shape index (κ3) is 4.67. The molecule has 0 fully saturated rings. The number of nitrogens with zero attached hydrogens (tertiary/aromatic N) is 1. The minimum Gasteiger partial charge on any atom is -0.341 e. The molecule has 1 unspecified atom stereocenters. The zero-order valence-electron chi connectivity index (χ0n) is 15.6. The van der Waals surface area contributed by atoms with Crippen LogP contribution >= 0.6 is 22.9 Å². The maximum Gasteiger partial charge on any atom is 0.252 e. The zero-order chi connectivity index (χ0) is 21.2. The first kappa shape index (κ1) is 21.4. The van der Waals surface area contributed by atoms with E-state index in [0.29, 0.717) is 5.02 Å². The SMILES string of the molecule is CN(C)S(=O)(=O)c1cc(C(=O)NC(c2ccc(Cl)cc2)c2ccsc2)ccc1F. The normalized spacial score (nSPS) is 12.7. The van der Waals surface area contributed by atoms with E-state index < -0.39 is 32.7 Å². The molecule has 152 valence electrons. The minimum atomic E-state index is -4.03. The number of hydrogen-bond donors (Lipinski definition) is 1. The Morgan fingerprint density at radius 1 is 1.10 bits per heavy atom. The van der Waals surface area contributed by atoms with Gasteiger partial charge >= 0.3 is 0 Å². The van der Waals surface area contributed by atoms with Crippen LogP contribution in [-0.2, 0) is 10.0 Å². The first-order chi connectivity index (χ1) is 13.7. The monoisotopic (exact) mass is 452 g/mol. The fraction of sp³-hybridized carbons (Fsp3) is 0.150. The highest BCUT2D eigenvalue weighted by molar-refractivity contribution is 7.89. The average molecular weight is 453 g/mol. The molecule has 1 atom stereocenters. The Balaban J connectivity index is 1.96. The van der Waals surface area contributed by atoms with Crippen molar-refractivity contribution in [2.24, 2.45) is 0 Å². The van der Waals surface area contributed by atoms with Crippen LogP contribution in [0.4, 0.5) is 4.39 Å². The Morgan fingerprint density at radius 3 is 2.38 bits per heavy atom. The van der Waals surface area contributed by atoms with Gasteiger partial charge in [-0.05, 0) is 58.3 Å². The number of nitrogens with one attached hydrogen (secondary N) is 1. The van der Waals surface area contributed by atoms with Gasteiger partial charge in [-0.15, -0.1) is 0 Å². The fourth-order valence-electron chi connectivity index (χ4n) is 2.71. The summed E-state index contributed by atoms with van der Waals surface area (Å²) in [6.45, 7) is 0. The molecule has 1 N–H and O–H groups in total. The van der Waals surface area contributed by atoms with Crippen LogP contribution in [0, 0.1) is 5.82 Å². The van der Waals surface area contributed by atoms with Gasteiger partial charge in [-0.3, -0.25) is 4.79 Å². The number of thiophene rings is 1. The molecular formula is C20H18ClFN2O3S2. The van der Waals surface area contributed by atoms with E-state index >= 15 is 0 Å². The van der Waals surface area contributed by atoms with Crippen molar-refractivity contribution in [1.82, 2.24) is 9.62 Å². The Hall–Kier alpha value is -2.26. The number of sulfonamides is 1. The summed E-state index contributed by atoms with van der Waals surface area (Å²) in [4.78, 5) is 12.3. The average Bonchev–Trinajstić information content (AvgIpc) is 3.21. The summed E-state index contributed by atoms with van der Waals surface area (Å²) in [6.07, 6.45) is 0. The van der Waals surface area contributed by atoms with Gasteiger partial charge in [0.05, 0.1) is 6.04 Å². The second-order valence-corrected chi connectivity index (χ2v) is 9.78. The van der Waals surface area contributed by atoms with Gasteiger partial charge in [0, 0.05) is 24.7 Å². The maximum atomic E-state index is 14.1. The molecular weight excluding hydrogens is 435 g/mol. The molecule has 1 heterocycles. The second-order valence-electron chi connectivity index (χ2n) is 6.45. The van der Waals surface area contributed by atoms with Crippen LogP contribution in [0.2, 0.25) is 5.02 Å². The van der Waals surface area contributed by atoms with Crippen LogP contribution in [0.1, 0.15) is 27.5 Å². The van der Waals surface area contributed by atoms with Crippen molar-refractivity contribution in [1.29, 1.82) is 0 Å². The number of carbonyl (C=O) groups excluding carboxylic acids is 1. The number of amides is 1. The molecule has 9 heteroatoms. The number of rotatable bonds is 6. The van der Waals surface area contributed by atoms with Crippen LogP contribution in [0.3, 0.4) is 0 Å². The van der Waals surface area contributed by atoms with Gasteiger partial charge in [-0.25, -0.2) is 17.1 Å². The summed E-state index contributed by atoms with van der Waals surface area (Å²) in [5, 5.41) is 7.26. The summed E-state index contributed by atoms with van der Waals surface area (Å²) in [5.41, 5.74) is 1.72. The highest BCUT2D eigenvalue weighted by Crippen LogP contribution is 2.26. The van der Waals surface area contributed by atoms with Gasteiger partial charge in [0.15, 0.2) is 0 Å². The van der Waals surface area contributed by atoms with Crippen LogP contribution in [0.5, 0.6) is 0 Å². The largest absolute Gasteiger partial charge is 0.341 e. The quantitative estimate of drug-likeness (QED) is 0.606. The molecule has 0 saturated carbocycles. The van der Waals surface area contributed by atoms with E-state index in [1.807, 2.05) is 16.8 Å². The van der Waals surface area contributed by atoms with Crippen molar-refractivity contribution in [3.05, 3.63) is 86.8 Å². The highest BCUT2D eigenvalue weighted by Gasteiger charge is 2.25. The number of halogens is 2. The second kappa shape index (κ2) is 8.62. The third-order valence-electron chi connectivity index (χ3n) is 4.31. The first-order valence-electron chi connectivity index (χ1n) is 8.50. The maximum absolute atomic E-state index is 14.1. The minimum absolute atomic E-state index is 0.0426. The molecule has 0 aliphatic carbocycles. The van der Waals surface area contributed by atoms with Crippen molar-refractivity contribution in [2.45, 2.75) is 10.9 Å². The Bertz CT molecular complexity index is 1120. The molecule has 0 aliphatic rings. The zero-order valence-corrected chi connectivity index (χ0v) is 18.0. The Morgan fingerprint density at radius 2 is 1.79 bits per heavy atom. The summed E-state index contributed by atoms with van der Waals surface area (Å²) < 4.78 is 39.7. The van der Waals surface area contributed by atoms with Crippen LogP contribution in [-0.4, -0.2) is 32.7 Å². The smallest absolute Gasteiger partial charge is 0.252 e. The summed E-state index contributed by atoms with van der Waals surface area (Å²) in [6, 6.07) is 11.8. The lowest BCUT2D eigenvalue weighted by atomic mass is 10.0. The first-order valence-corrected chi connectivity index (χ1v) is 11.3. The number of benzene rings is 2. The molecule has 3 aromatic rings. The summed E-state index contributed by atoms with van der Waals surface area (Å²) >= 11 is 7.45. The molecule has 0 aliphatic heterocycles. The summed E-state index contributed by atoms with van der Waals surface area (Å²) in [5.74, 6) is -1.44. The lowest BCUT2D eigenvalue weighted by Gasteiger charge is -2.19. The Kier molecular flexibility index (Phi) is 6.38. The van der Waals surface area contributed by atoms with Crippen molar-refractivity contribution in [2.75, 3.05) is 14.1 Å². The van der Waals surface area contributed by atoms with E-state index in [1.165, 1.54) is 31.5 Å². The molecule has 1 amide bonds. The van der Waals surface area contributed by atoms with Gasteiger partial charge in [-0.1, -0.05) is 23.7 Å². The van der Waals surface area contributed by atoms with E-state index in [0.717, 1.165) is 27.6 Å². The highest BCUT2D eigenvalue weighted by atomic mass is 35.5. The van der Waals surface area contributed by atoms with Crippen molar-refractivity contribution < 1.29 is 17.6 Å². The van der Waals surface area contributed by atoms with Crippen molar-refractivity contribution in [3.63, 3.8) is 0 Å². The standard InChI is InChI=1S/C20H18ClFN2O3S2/c1-24(2)29(26,27)18-11-14(5-8-17(18)22)20(25)23-19(15-9-10-28-12-15)13-3-6-16(21)7-4-13/h3-12,19H,1-2H3,(H,23,25). The van der Waals surface area contributed by atoms with Gasteiger partial charge in [0.25, 0.3) is 5.91 Å². The Labute approximate surface area is 177 Å². The molecule has 1 aromatic heterocycles. The van der Waals surface area contributed by atoms with Gasteiger partial charge in [-0.2, -0.15) is 11.3 Å². The van der Waals surface area contributed by atoms with Gasteiger partial charge < -0.3 is 5.32 Å². The molecule has 2 aromatic carbocycles. The molecule has 5 nitrogen and oxygen atoms in total.